The monoisotopic (exact) mass is 375 g/mol. The molecule has 140 valence electrons. The maximum absolute atomic E-state index is 10.7. The molecule has 3 rings (SSSR count). The van der Waals surface area contributed by atoms with E-state index < -0.39 is 4.92 Å². The third-order valence-corrected chi connectivity index (χ3v) is 4.24. The number of non-ortho nitro benzene ring substituents is 1. The summed E-state index contributed by atoms with van der Waals surface area (Å²) in [5, 5.41) is 19.9. The van der Waals surface area contributed by atoms with Crippen LogP contribution in [0.3, 0.4) is 0 Å². The van der Waals surface area contributed by atoms with Gasteiger partial charge >= 0.3 is 0 Å². The van der Waals surface area contributed by atoms with Crippen LogP contribution in [0, 0.1) is 35.3 Å². The first kappa shape index (κ1) is 18.9. The predicted molar refractivity (Wildman–Crippen MR) is 104 cm³/mol. The number of benzene rings is 2. The lowest BCUT2D eigenvalue weighted by Gasteiger charge is -2.06. The Bertz CT molecular complexity index is 1060. The fraction of sp³-hybridized carbons (Fsp3) is 0.143. The third kappa shape index (κ3) is 4.24. The van der Waals surface area contributed by atoms with Gasteiger partial charge in [-0.05, 0) is 61.4 Å². The van der Waals surface area contributed by atoms with Gasteiger partial charge in [-0.2, -0.15) is 5.26 Å². The SMILES string of the molecule is Cc1oc(N=Cc2ccc(OCc3ccc([N+](=O)[O-])cc3)cc2)c(C#N)c1C. The maximum Gasteiger partial charge on any atom is 0.269 e. The molecule has 0 aliphatic heterocycles. The highest BCUT2D eigenvalue weighted by atomic mass is 16.6. The van der Waals surface area contributed by atoms with Crippen molar-refractivity contribution in [2.75, 3.05) is 0 Å². The van der Waals surface area contributed by atoms with Gasteiger partial charge in [0, 0.05) is 23.9 Å². The molecule has 0 radical (unpaired) electrons. The van der Waals surface area contributed by atoms with E-state index in [2.05, 4.69) is 11.1 Å². The molecule has 28 heavy (non-hydrogen) atoms. The van der Waals surface area contributed by atoms with Gasteiger partial charge < -0.3 is 9.15 Å². The molecule has 1 heterocycles. The highest BCUT2D eigenvalue weighted by molar-refractivity contribution is 5.82. The number of aryl methyl sites for hydroxylation is 1. The third-order valence-electron chi connectivity index (χ3n) is 4.24. The van der Waals surface area contributed by atoms with Crippen molar-refractivity contribution in [2.45, 2.75) is 20.5 Å². The summed E-state index contributed by atoms with van der Waals surface area (Å²) in [5.74, 6) is 1.65. The summed E-state index contributed by atoms with van der Waals surface area (Å²) in [6, 6.07) is 15.6. The van der Waals surface area contributed by atoms with Gasteiger partial charge in [0.25, 0.3) is 5.69 Å². The molecular formula is C21H17N3O4. The van der Waals surface area contributed by atoms with Crippen molar-refractivity contribution in [2.24, 2.45) is 4.99 Å². The zero-order valence-electron chi connectivity index (χ0n) is 15.4. The number of nitrogens with zero attached hydrogens (tertiary/aromatic N) is 3. The summed E-state index contributed by atoms with van der Waals surface area (Å²) >= 11 is 0. The first-order valence-electron chi connectivity index (χ1n) is 8.48. The standard InChI is InChI=1S/C21H17N3O4/c1-14-15(2)28-21(20(14)11-22)23-12-16-5-9-19(10-6-16)27-13-17-3-7-18(8-4-17)24(25)26/h3-10,12H,13H2,1-2H3. The molecule has 0 aliphatic carbocycles. The van der Waals surface area contributed by atoms with Crippen LogP contribution in [0.5, 0.6) is 5.75 Å². The van der Waals surface area contributed by atoms with Crippen molar-refractivity contribution >= 4 is 17.8 Å². The van der Waals surface area contributed by atoms with Crippen LogP contribution in [0.15, 0.2) is 57.9 Å². The normalized spacial score (nSPS) is 10.8. The lowest BCUT2D eigenvalue weighted by atomic mass is 10.2. The van der Waals surface area contributed by atoms with Crippen molar-refractivity contribution in [1.82, 2.24) is 0 Å². The molecule has 2 aromatic carbocycles. The first-order valence-corrected chi connectivity index (χ1v) is 8.48. The quantitative estimate of drug-likeness (QED) is 0.342. The topological polar surface area (TPSA) is 102 Å². The number of hydrogen-bond acceptors (Lipinski definition) is 6. The molecule has 0 aliphatic rings. The molecule has 0 atom stereocenters. The van der Waals surface area contributed by atoms with Gasteiger partial charge in [0.05, 0.1) is 4.92 Å². The van der Waals surface area contributed by atoms with Crippen LogP contribution in [0.2, 0.25) is 0 Å². The molecule has 3 aromatic rings. The van der Waals surface area contributed by atoms with Gasteiger partial charge in [-0.15, -0.1) is 0 Å². The minimum absolute atomic E-state index is 0.0499. The number of hydrogen-bond donors (Lipinski definition) is 0. The van der Waals surface area contributed by atoms with Gasteiger partial charge in [0.15, 0.2) is 0 Å². The van der Waals surface area contributed by atoms with Crippen LogP contribution in [-0.2, 0) is 6.61 Å². The van der Waals surface area contributed by atoms with E-state index >= 15 is 0 Å². The van der Waals surface area contributed by atoms with E-state index in [1.54, 1.807) is 37.4 Å². The lowest BCUT2D eigenvalue weighted by molar-refractivity contribution is -0.384. The van der Waals surface area contributed by atoms with E-state index in [0.29, 0.717) is 29.6 Å². The van der Waals surface area contributed by atoms with Crippen molar-refractivity contribution in [3.63, 3.8) is 0 Å². The van der Waals surface area contributed by atoms with E-state index in [-0.39, 0.29) is 5.69 Å². The second-order valence-corrected chi connectivity index (χ2v) is 6.11. The summed E-state index contributed by atoms with van der Waals surface area (Å²) in [6.45, 7) is 3.93. The molecule has 0 N–H and O–H groups in total. The van der Waals surface area contributed by atoms with Crippen LogP contribution in [0.1, 0.15) is 28.0 Å². The van der Waals surface area contributed by atoms with Crippen LogP contribution in [0.4, 0.5) is 11.6 Å². The summed E-state index contributed by atoms with van der Waals surface area (Å²) < 4.78 is 11.2. The number of nitro groups is 1. The van der Waals surface area contributed by atoms with Crippen LogP contribution >= 0.6 is 0 Å². The summed E-state index contributed by atoms with van der Waals surface area (Å²) in [6.07, 6.45) is 1.62. The Kier molecular flexibility index (Phi) is 5.51. The Balaban J connectivity index is 1.63. The van der Waals surface area contributed by atoms with Gasteiger partial charge in [0.1, 0.15) is 29.7 Å². The van der Waals surface area contributed by atoms with E-state index in [9.17, 15) is 15.4 Å². The molecule has 0 fully saturated rings. The largest absolute Gasteiger partial charge is 0.489 e. The second kappa shape index (κ2) is 8.18. The molecule has 0 amide bonds. The van der Waals surface area contributed by atoms with Gasteiger partial charge in [-0.3, -0.25) is 10.1 Å². The summed E-state index contributed by atoms with van der Waals surface area (Å²) in [5.41, 5.74) is 2.96. The minimum Gasteiger partial charge on any atom is -0.489 e. The summed E-state index contributed by atoms with van der Waals surface area (Å²) in [4.78, 5) is 14.5. The Morgan fingerprint density at radius 3 is 2.46 bits per heavy atom. The fourth-order valence-electron chi connectivity index (χ4n) is 2.50. The molecule has 0 bridgehead atoms. The minimum atomic E-state index is -0.435. The van der Waals surface area contributed by atoms with Crippen LogP contribution < -0.4 is 4.74 Å². The fourth-order valence-corrected chi connectivity index (χ4v) is 2.50. The van der Waals surface area contributed by atoms with Crippen LogP contribution in [0.25, 0.3) is 0 Å². The number of rotatable bonds is 6. The zero-order chi connectivity index (χ0) is 20.1. The van der Waals surface area contributed by atoms with Crippen LogP contribution in [-0.4, -0.2) is 11.1 Å². The first-order chi connectivity index (χ1) is 13.5. The molecule has 0 saturated carbocycles. The van der Waals surface area contributed by atoms with Gasteiger partial charge in [-0.25, -0.2) is 4.99 Å². The Hall–Kier alpha value is -3.92. The van der Waals surface area contributed by atoms with Crippen molar-refractivity contribution in [3.05, 3.63) is 86.7 Å². The summed E-state index contributed by atoms with van der Waals surface area (Å²) in [7, 11) is 0. The molecule has 0 unspecified atom stereocenters. The zero-order valence-corrected chi connectivity index (χ0v) is 15.4. The molecule has 0 saturated heterocycles. The number of nitro benzene ring substituents is 1. The molecule has 7 heteroatoms. The Morgan fingerprint density at radius 2 is 1.86 bits per heavy atom. The predicted octanol–water partition coefficient (Wildman–Crippen LogP) is 5.01. The molecular weight excluding hydrogens is 358 g/mol. The van der Waals surface area contributed by atoms with E-state index in [4.69, 9.17) is 9.15 Å². The molecule has 1 aromatic heterocycles. The van der Waals surface area contributed by atoms with E-state index in [1.165, 1.54) is 12.1 Å². The number of ether oxygens (including phenoxy) is 1. The number of aliphatic imine (C=N–C) groups is 1. The average Bonchev–Trinajstić information content (AvgIpc) is 2.99. The highest BCUT2D eigenvalue weighted by Crippen LogP contribution is 2.27. The Labute approximate surface area is 161 Å². The Morgan fingerprint density at radius 1 is 1.18 bits per heavy atom. The van der Waals surface area contributed by atoms with Crippen molar-refractivity contribution in [1.29, 1.82) is 5.26 Å². The van der Waals surface area contributed by atoms with Crippen molar-refractivity contribution < 1.29 is 14.1 Å². The van der Waals surface area contributed by atoms with Crippen molar-refractivity contribution in [3.8, 4) is 11.8 Å². The van der Waals surface area contributed by atoms with E-state index in [1.807, 2.05) is 19.1 Å². The average molecular weight is 375 g/mol. The number of furan rings is 1. The second-order valence-electron chi connectivity index (χ2n) is 6.11. The maximum atomic E-state index is 10.7. The van der Waals surface area contributed by atoms with E-state index in [0.717, 1.165) is 16.7 Å². The molecule has 7 nitrogen and oxygen atoms in total. The number of nitriles is 1. The highest BCUT2D eigenvalue weighted by Gasteiger charge is 2.12. The lowest BCUT2D eigenvalue weighted by Crippen LogP contribution is -1.96. The van der Waals surface area contributed by atoms with Gasteiger partial charge in [0.2, 0.25) is 5.88 Å². The molecule has 0 spiro atoms. The van der Waals surface area contributed by atoms with Gasteiger partial charge in [-0.1, -0.05) is 0 Å². The smallest absolute Gasteiger partial charge is 0.269 e.